The Hall–Kier alpha value is -2.86. The van der Waals surface area contributed by atoms with Crippen molar-refractivity contribution in [2.75, 3.05) is 11.9 Å². The average Bonchev–Trinajstić information content (AvgIpc) is 3.06. The van der Waals surface area contributed by atoms with Crippen LogP contribution in [0.2, 0.25) is 10.0 Å². The largest absolute Gasteiger partial charge is 0.395 e. The number of fused-ring (bicyclic) bond motifs is 1. The minimum absolute atomic E-state index is 0.0402. The van der Waals surface area contributed by atoms with E-state index in [4.69, 9.17) is 23.2 Å². The molecule has 152 valence electrons. The summed E-state index contributed by atoms with van der Waals surface area (Å²) >= 11 is 12.2. The molecule has 0 saturated carbocycles. The Labute approximate surface area is 182 Å². The number of carbonyl (C=O) groups is 1. The van der Waals surface area contributed by atoms with Crippen LogP contribution in [0.25, 0.3) is 22.2 Å². The second-order valence-electron chi connectivity index (χ2n) is 6.74. The first kappa shape index (κ1) is 20.4. The van der Waals surface area contributed by atoms with Gasteiger partial charge in [-0.05, 0) is 66.2 Å². The number of aliphatic hydroxyl groups is 1. The van der Waals surface area contributed by atoms with Gasteiger partial charge in [0.1, 0.15) is 5.82 Å². The first-order chi connectivity index (χ1) is 14.5. The number of benzene rings is 3. The second-order valence-corrected chi connectivity index (χ2v) is 7.55. The van der Waals surface area contributed by atoms with Crippen LogP contribution < -0.4 is 5.32 Å². The summed E-state index contributed by atoms with van der Waals surface area (Å²) < 4.78 is 15.3. The molecule has 0 spiro atoms. The summed E-state index contributed by atoms with van der Waals surface area (Å²) in [4.78, 5) is 12.7. The van der Waals surface area contributed by atoms with E-state index in [1.54, 1.807) is 36.4 Å². The molecule has 4 rings (SSSR count). The quantitative estimate of drug-likeness (QED) is 0.398. The van der Waals surface area contributed by atoms with Gasteiger partial charge in [-0.3, -0.25) is 4.79 Å². The lowest BCUT2D eigenvalue weighted by Gasteiger charge is -2.10. The maximum absolute atomic E-state index is 13.3. The van der Waals surface area contributed by atoms with E-state index in [0.29, 0.717) is 12.2 Å². The van der Waals surface area contributed by atoms with Gasteiger partial charge in [-0.25, -0.2) is 4.39 Å². The van der Waals surface area contributed by atoms with Gasteiger partial charge < -0.3 is 15.0 Å². The summed E-state index contributed by atoms with van der Waals surface area (Å²) in [7, 11) is 0. The average molecular weight is 443 g/mol. The van der Waals surface area contributed by atoms with E-state index < -0.39 is 5.91 Å². The third kappa shape index (κ3) is 3.92. The number of aliphatic hydroxyl groups excluding tert-OH is 1. The highest BCUT2D eigenvalue weighted by atomic mass is 35.5. The fourth-order valence-electron chi connectivity index (χ4n) is 3.46. The minimum atomic E-state index is -0.404. The van der Waals surface area contributed by atoms with Crippen LogP contribution in [0.1, 0.15) is 10.4 Å². The van der Waals surface area contributed by atoms with E-state index in [1.807, 2.05) is 22.8 Å². The van der Waals surface area contributed by atoms with E-state index >= 15 is 0 Å². The van der Waals surface area contributed by atoms with Crippen LogP contribution in [0.15, 0.2) is 66.7 Å². The molecular formula is C23H17Cl2FN2O2. The Kier molecular flexibility index (Phi) is 5.77. The van der Waals surface area contributed by atoms with Gasteiger partial charge in [0.15, 0.2) is 0 Å². The molecule has 0 unspecified atom stereocenters. The molecule has 0 atom stereocenters. The molecule has 4 aromatic rings. The molecule has 0 saturated heterocycles. The Bertz CT molecular complexity index is 1220. The Morgan fingerprint density at radius 2 is 1.70 bits per heavy atom. The molecule has 4 nitrogen and oxygen atoms in total. The number of hydrogen-bond acceptors (Lipinski definition) is 2. The zero-order valence-electron chi connectivity index (χ0n) is 15.7. The molecule has 2 N–H and O–H groups in total. The fraction of sp³-hybridized carbons (Fsp3) is 0.0870. The third-order valence-corrected chi connectivity index (χ3v) is 5.44. The normalized spacial score (nSPS) is 11.1. The van der Waals surface area contributed by atoms with Crippen molar-refractivity contribution in [2.24, 2.45) is 0 Å². The van der Waals surface area contributed by atoms with Gasteiger partial charge in [0.05, 0.1) is 22.2 Å². The topological polar surface area (TPSA) is 54.3 Å². The summed E-state index contributed by atoms with van der Waals surface area (Å²) in [6.45, 7) is 0.346. The number of halogens is 3. The van der Waals surface area contributed by atoms with Crippen LogP contribution >= 0.6 is 23.2 Å². The smallest absolute Gasteiger partial charge is 0.258 e. The third-order valence-electron chi connectivity index (χ3n) is 4.81. The standard InChI is InChI=1S/C23H17Cl2FN2O2/c24-18-2-1-3-19(25)22(18)23(30)27-17-8-9-20-15(12-17)13-21(28(20)10-11-29)14-4-6-16(26)7-5-14/h1-9,12-13,29H,10-11H2,(H,27,30). The van der Waals surface area contributed by atoms with Gasteiger partial charge >= 0.3 is 0 Å². The number of anilines is 1. The van der Waals surface area contributed by atoms with Crippen LogP contribution in [0.4, 0.5) is 10.1 Å². The summed E-state index contributed by atoms with van der Waals surface area (Å²) in [6.07, 6.45) is 0. The Morgan fingerprint density at radius 3 is 2.37 bits per heavy atom. The molecule has 0 aliphatic carbocycles. The lowest BCUT2D eigenvalue weighted by atomic mass is 10.1. The van der Waals surface area contributed by atoms with E-state index in [2.05, 4.69) is 5.32 Å². The maximum atomic E-state index is 13.3. The number of carbonyl (C=O) groups excluding carboxylic acids is 1. The minimum Gasteiger partial charge on any atom is -0.395 e. The molecule has 3 aromatic carbocycles. The molecule has 0 radical (unpaired) electrons. The van der Waals surface area contributed by atoms with Crippen LogP contribution in [-0.2, 0) is 6.54 Å². The number of nitrogens with zero attached hydrogens (tertiary/aromatic N) is 1. The number of aromatic nitrogens is 1. The van der Waals surface area contributed by atoms with Crippen molar-refractivity contribution in [2.45, 2.75) is 6.54 Å². The molecule has 1 aromatic heterocycles. The van der Waals surface area contributed by atoms with Crippen molar-refractivity contribution in [1.29, 1.82) is 0 Å². The van der Waals surface area contributed by atoms with Gasteiger partial charge in [-0.15, -0.1) is 0 Å². The molecule has 0 fully saturated rings. The fourth-order valence-corrected chi connectivity index (χ4v) is 4.03. The number of hydrogen-bond donors (Lipinski definition) is 2. The molecule has 1 amide bonds. The van der Waals surface area contributed by atoms with Crippen LogP contribution in [-0.4, -0.2) is 22.2 Å². The molecular weight excluding hydrogens is 426 g/mol. The highest BCUT2D eigenvalue weighted by molar-refractivity contribution is 6.40. The number of nitrogens with one attached hydrogen (secondary N) is 1. The molecule has 0 bridgehead atoms. The highest BCUT2D eigenvalue weighted by Crippen LogP contribution is 2.31. The van der Waals surface area contributed by atoms with Gasteiger partial charge in [-0.2, -0.15) is 0 Å². The molecule has 0 aliphatic rings. The van der Waals surface area contributed by atoms with E-state index in [0.717, 1.165) is 22.2 Å². The lowest BCUT2D eigenvalue weighted by molar-refractivity contribution is 0.102. The second kappa shape index (κ2) is 8.48. The molecule has 7 heteroatoms. The summed E-state index contributed by atoms with van der Waals surface area (Å²) in [6, 6.07) is 18.5. The molecule has 1 heterocycles. The number of rotatable bonds is 5. The van der Waals surface area contributed by atoms with E-state index in [9.17, 15) is 14.3 Å². The maximum Gasteiger partial charge on any atom is 0.258 e. The Morgan fingerprint density at radius 1 is 1.00 bits per heavy atom. The molecule has 0 aliphatic heterocycles. The zero-order valence-corrected chi connectivity index (χ0v) is 17.2. The highest BCUT2D eigenvalue weighted by Gasteiger charge is 2.16. The summed E-state index contributed by atoms with van der Waals surface area (Å²) in [5.41, 5.74) is 3.35. The first-order valence-electron chi connectivity index (χ1n) is 9.23. The lowest BCUT2D eigenvalue weighted by Crippen LogP contribution is -2.13. The van der Waals surface area contributed by atoms with E-state index in [1.165, 1.54) is 12.1 Å². The predicted octanol–water partition coefficient (Wildman–Crippen LogP) is 6.00. The van der Waals surface area contributed by atoms with Gasteiger partial charge in [0.2, 0.25) is 0 Å². The van der Waals surface area contributed by atoms with Crippen molar-refractivity contribution in [3.63, 3.8) is 0 Å². The van der Waals surface area contributed by atoms with Gasteiger partial charge in [0, 0.05) is 28.8 Å². The van der Waals surface area contributed by atoms with Crippen LogP contribution in [0, 0.1) is 5.82 Å². The Balaban J connectivity index is 1.72. The predicted molar refractivity (Wildman–Crippen MR) is 119 cm³/mol. The summed E-state index contributed by atoms with van der Waals surface area (Å²) in [5, 5.41) is 13.7. The van der Waals surface area contributed by atoms with Crippen molar-refractivity contribution in [1.82, 2.24) is 4.57 Å². The monoisotopic (exact) mass is 442 g/mol. The number of amides is 1. The van der Waals surface area contributed by atoms with E-state index in [-0.39, 0.29) is 28.0 Å². The SMILES string of the molecule is O=C(Nc1ccc2c(c1)cc(-c1ccc(F)cc1)n2CCO)c1c(Cl)cccc1Cl. The van der Waals surface area contributed by atoms with Crippen molar-refractivity contribution < 1.29 is 14.3 Å². The summed E-state index contributed by atoms with van der Waals surface area (Å²) in [5.74, 6) is -0.717. The van der Waals surface area contributed by atoms with Crippen molar-refractivity contribution >= 4 is 45.7 Å². The van der Waals surface area contributed by atoms with Crippen LogP contribution in [0.5, 0.6) is 0 Å². The van der Waals surface area contributed by atoms with Gasteiger partial charge in [-0.1, -0.05) is 29.3 Å². The van der Waals surface area contributed by atoms with Crippen molar-refractivity contribution in [3.05, 3.63) is 88.2 Å². The van der Waals surface area contributed by atoms with Crippen LogP contribution in [0.3, 0.4) is 0 Å². The molecule has 30 heavy (non-hydrogen) atoms. The van der Waals surface area contributed by atoms with Crippen molar-refractivity contribution in [3.8, 4) is 11.3 Å². The zero-order chi connectivity index (χ0) is 21.3. The first-order valence-corrected chi connectivity index (χ1v) is 9.99. The van der Waals surface area contributed by atoms with Gasteiger partial charge in [0.25, 0.3) is 5.91 Å².